The molecule has 20 heavy (non-hydrogen) atoms. The molecule has 0 bridgehead atoms. The summed E-state index contributed by atoms with van der Waals surface area (Å²) in [5.41, 5.74) is 1.61. The van der Waals surface area contributed by atoms with Gasteiger partial charge in [-0.3, -0.25) is 9.59 Å². The smallest absolute Gasteiger partial charge is 0.236 e. The molecule has 4 nitrogen and oxygen atoms in total. The van der Waals surface area contributed by atoms with Gasteiger partial charge in [-0.1, -0.05) is 20.8 Å². The summed E-state index contributed by atoms with van der Waals surface area (Å²) in [4.78, 5) is 25.9. The molecule has 0 saturated carbocycles. The number of fused-ring (bicyclic) bond motifs is 1. The summed E-state index contributed by atoms with van der Waals surface area (Å²) < 4.78 is 0. The Hall–Kier alpha value is -1.84. The van der Waals surface area contributed by atoms with Crippen LogP contribution in [0.4, 0.5) is 11.4 Å². The molecular formula is C16H22N2O2. The summed E-state index contributed by atoms with van der Waals surface area (Å²) in [7, 11) is 1.78. The Kier molecular flexibility index (Phi) is 3.16. The van der Waals surface area contributed by atoms with Gasteiger partial charge in [0.15, 0.2) is 0 Å². The van der Waals surface area contributed by atoms with Gasteiger partial charge in [-0.25, -0.2) is 0 Å². The first kappa shape index (κ1) is 14.6. The Bertz CT molecular complexity index is 583. The van der Waals surface area contributed by atoms with Crippen molar-refractivity contribution in [3.8, 4) is 0 Å². The Labute approximate surface area is 120 Å². The first-order valence-corrected chi connectivity index (χ1v) is 6.79. The molecule has 1 aromatic rings. The fraction of sp³-hybridized carbons (Fsp3) is 0.500. The second kappa shape index (κ2) is 4.33. The van der Waals surface area contributed by atoms with Crippen molar-refractivity contribution in [2.45, 2.75) is 40.0 Å². The average Bonchev–Trinajstić information content (AvgIpc) is 2.50. The lowest BCUT2D eigenvalue weighted by Gasteiger charge is -2.19. The van der Waals surface area contributed by atoms with E-state index in [2.05, 4.69) is 5.32 Å². The molecule has 0 saturated heterocycles. The molecule has 2 amide bonds. The van der Waals surface area contributed by atoms with Gasteiger partial charge < -0.3 is 10.2 Å². The summed E-state index contributed by atoms with van der Waals surface area (Å²) in [5, 5.41) is 2.91. The van der Waals surface area contributed by atoms with Gasteiger partial charge >= 0.3 is 0 Å². The van der Waals surface area contributed by atoms with E-state index in [1.165, 1.54) is 0 Å². The van der Waals surface area contributed by atoms with Gasteiger partial charge in [0.2, 0.25) is 11.8 Å². The highest BCUT2D eigenvalue weighted by Crippen LogP contribution is 2.42. The highest BCUT2D eigenvalue weighted by atomic mass is 16.2. The molecule has 2 rings (SSSR count). The Balaban J connectivity index is 2.37. The quantitative estimate of drug-likeness (QED) is 0.856. The topological polar surface area (TPSA) is 49.4 Å². The van der Waals surface area contributed by atoms with Gasteiger partial charge in [0.1, 0.15) is 0 Å². The molecule has 0 radical (unpaired) electrons. The van der Waals surface area contributed by atoms with E-state index in [-0.39, 0.29) is 11.8 Å². The zero-order chi connectivity index (χ0) is 15.3. The van der Waals surface area contributed by atoms with Gasteiger partial charge in [0.25, 0.3) is 0 Å². The number of anilines is 2. The molecule has 1 aromatic carbocycles. The molecule has 0 atom stereocenters. The summed E-state index contributed by atoms with van der Waals surface area (Å²) in [5.74, 6) is 0.0414. The molecule has 1 N–H and O–H groups in total. The first-order valence-electron chi connectivity index (χ1n) is 6.79. The molecule has 0 spiro atoms. The lowest BCUT2D eigenvalue weighted by Crippen LogP contribution is -2.33. The SMILES string of the molecule is CN1C(=O)C(C)(C)c2cc(NC(=O)C(C)(C)C)ccc21. The van der Waals surface area contributed by atoms with Crippen molar-refractivity contribution in [2.75, 3.05) is 17.3 Å². The number of amides is 2. The van der Waals surface area contributed by atoms with Crippen LogP contribution >= 0.6 is 0 Å². The molecule has 0 aromatic heterocycles. The third-order valence-corrected chi connectivity index (χ3v) is 3.81. The number of nitrogens with one attached hydrogen (secondary N) is 1. The molecule has 1 aliphatic rings. The molecule has 4 heteroatoms. The van der Waals surface area contributed by atoms with Crippen molar-refractivity contribution in [1.82, 2.24) is 0 Å². The minimum Gasteiger partial charge on any atom is -0.326 e. The summed E-state index contributed by atoms with van der Waals surface area (Å²) in [6.45, 7) is 9.44. The molecule has 1 aliphatic heterocycles. The van der Waals surface area contributed by atoms with Crippen LogP contribution in [0.2, 0.25) is 0 Å². The second-order valence-corrected chi connectivity index (χ2v) is 6.93. The normalized spacial score (nSPS) is 17.1. The largest absolute Gasteiger partial charge is 0.326 e. The van der Waals surface area contributed by atoms with Crippen molar-refractivity contribution < 1.29 is 9.59 Å². The number of nitrogens with zero attached hydrogens (tertiary/aromatic N) is 1. The maximum Gasteiger partial charge on any atom is 0.236 e. The predicted octanol–water partition coefficient (Wildman–Crippen LogP) is 2.93. The van der Waals surface area contributed by atoms with Crippen molar-refractivity contribution in [2.24, 2.45) is 5.41 Å². The molecule has 108 valence electrons. The van der Waals surface area contributed by atoms with E-state index in [0.29, 0.717) is 0 Å². The van der Waals surface area contributed by atoms with Crippen LogP contribution in [0.25, 0.3) is 0 Å². The number of benzene rings is 1. The Morgan fingerprint density at radius 2 is 1.85 bits per heavy atom. The number of hydrogen-bond acceptors (Lipinski definition) is 2. The number of likely N-dealkylation sites (N-methyl/N-ethyl adjacent to an activating group) is 1. The van der Waals surface area contributed by atoms with Crippen molar-refractivity contribution in [1.29, 1.82) is 0 Å². The highest BCUT2D eigenvalue weighted by molar-refractivity contribution is 6.08. The van der Waals surface area contributed by atoms with Crippen LogP contribution in [0.3, 0.4) is 0 Å². The third-order valence-electron chi connectivity index (χ3n) is 3.81. The highest BCUT2D eigenvalue weighted by Gasteiger charge is 2.42. The molecule has 0 fully saturated rings. The fourth-order valence-corrected chi connectivity index (χ4v) is 2.37. The number of rotatable bonds is 1. The third kappa shape index (κ3) is 2.19. The molecular weight excluding hydrogens is 252 g/mol. The van der Waals surface area contributed by atoms with Crippen LogP contribution in [0, 0.1) is 5.41 Å². The van der Waals surface area contributed by atoms with Crippen LogP contribution in [-0.2, 0) is 15.0 Å². The minimum absolute atomic E-state index is 0.0343. The van der Waals surface area contributed by atoms with Crippen LogP contribution < -0.4 is 10.2 Å². The van der Waals surface area contributed by atoms with E-state index >= 15 is 0 Å². The van der Waals surface area contributed by atoms with Gasteiger partial charge in [-0.05, 0) is 37.6 Å². The van der Waals surface area contributed by atoms with Gasteiger partial charge in [-0.15, -0.1) is 0 Å². The Morgan fingerprint density at radius 3 is 2.40 bits per heavy atom. The average molecular weight is 274 g/mol. The maximum absolute atomic E-state index is 12.2. The lowest BCUT2D eigenvalue weighted by molar-refractivity contribution is -0.123. The van der Waals surface area contributed by atoms with E-state index in [1.54, 1.807) is 11.9 Å². The van der Waals surface area contributed by atoms with Gasteiger partial charge in [0, 0.05) is 23.8 Å². The first-order chi connectivity index (χ1) is 9.05. The fourth-order valence-electron chi connectivity index (χ4n) is 2.37. The summed E-state index contributed by atoms with van der Waals surface area (Å²) in [6.07, 6.45) is 0. The number of carbonyl (C=O) groups excluding carboxylic acids is 2. The summed E-state index contributed by atoms with van der Waals surface area (Å²) in [6, 6.07) is 5.63. The zero-order valence-electron chi connectivity index (χ0n) is 13.0. The monoisotopic (exact) mass is 274 g/mol. The second-order valence-electron chi connectivity index (χ2n) is 6.93. The van der Waals surface area contributed by atoms with E-state index in [0.717, 1.165) is 16.9 Å². The van der Waals surface area contributed by atoms with Crippen LogP contribution in [0.1, 0.15) is 40.2 Å². The van der Waals surface area contributed by atoms with Gasteiger partial charge in [0.05, 0.1) is 5.41 Å². The predicted molar refractivity (Wildman–Crippen MR) is 81.0 cm³/mol. The summed E-state index contributed by atoms with van der Waals surface area (Å²) >= 11 is 0. The number of carbonyl (C=O) groups is 2. The maximum atomic E-state index is 12.2. The standard InChI is InChI=1S/C16H22N2O2/c1-15(2,3)13(19)17-10-7-8-12-11(9-10)16(4,5)14(20)18(12)6/h7-9H,1-6H3,(H,17,19). The van der Waals surface area contributed by atoms with E-state index in [1.807, 2.05) is 52.8 Å². The zero-order valence-corrected chi connectivity index (χ0v) is 13.0. The van der Waals surface area contributed by atoms with Crippen LogP contribution in [-0.4, -0.2) is 18.9 Å². The van der Waals surface area contributed by atoms with Crippen LogP contribution in [0.15, 0.2) is 18.2 Å². The minimum atomic E-state index is -0.549. The van der Waals surface area contributed by atoms with Crippen molar-refractivity contribution in [3.63, 3.8) is 0 Å². The van der Waals surface area contributed by atoms with Crippen LogP contribution in [0.5, 0.6) is 0 Å². The van der Waals surface area contributed by atoms with E-state index < -0.39 is 10.8 Å². The van der Waals surface area contributed by atoms with E-state index in [4.69, 9.17) is 0 Å². The van der Waals surface area contributed by atoms with Crippen molar-refractivity contribution in [3.05, 3.63) is 23.8 Å². The number of hydrogen-bond donors (Lipinski definition) is 1. The lowest BCUT2D eigenvalue weighted by atomic mass is 9.86. The molecule has 0 unspecified atom stereocenters. The Morgan fingerprint density at radius 1 is 1.25 bits per heavy atom. The van der Waals surface area contributed by atoms with E-state index in [9.17, 15) is 9.59 Å². The molecule has 0 aliphatic carbocycles. The molecule has 1 heterocycles. The van der Waals surface area contributed by atoms with Crippen molar-refractivity contribution >= 4 is 23.2 Å². The van der Waals surface area contributed by atoms with Gasteiger partial charge in [-0.2, -0.15) is 0 Å².